The highest BCUT2D eigenvalue weighted by Crippen LogP contribution is 2.24. The fourth-order valence-electron chi connectivity index (χ4n) is 3.01. The molecule has 2 amide bonds. The van der Waals surface area contributed by atoms with Crippen LogP contribution in [0.4, 0.5) is 5.69 Å². The number of anilines is 1. The lowest BCUT2D eigenvalue weighted by Crippen LogP contribution is -2.53. The molecule has 2 aliphatic rings. The summed E-state index contributed by atoms with van der Waals surface area (Å²) in [6.45, 7) is 1.65. The van der Waals surface area contributed by atoms with E-state index in [2.05, 4.69) is 10.4 Å². The molecule has 0 bridgehead atoms. The van der Waals surface area contributed by atoms with E-state index in [4.69, 9.17) is 16.3 Å². The van der Waals surface area contributed by atoms with Crippen molar-refractivity contribution in [1.29, 1.82) is 0 Å². The third-order valence-electron chi connectivity index (χ3n) is 4.34. The van der Waals surface area contributed by atoms with Gasteiger partial charge in [0.25, 0.3) is 5.91 Å². The van der Waals surface area contributed by atoms with Gasteiger partial charge in [0.05, 0.1) is 19.1 Å². The zero-order chi connectivity index (χ0) is 17.8. The van der Waals surface area contributed by atoms with E-state index in [1.807, 2.05) is 4.90 Å². The molecule has 0 saturated carbocycles. The summed E-state index contributed by atoms with van der Waals surface area (Å²) in [5.41, 5.74) is 0.678. The Morgan fingerprint density at radius 2 is 2.32 bits per heavy atom. The molecule has 0 aromatic heterocycles. The normalized spacial score (nSPS) is 20.2. The van der Waals surface area contributed by atoms with E-state index in [9.17, 15) is 9.59 Å². The van der Waals surface area contributed by atoms with Crippen molar-refractivity contribution < 1.29 is 14.3 Å². The van der Waals surface area contributed by atoms with Gasteiger partial charge in [-0.15, -0.1) is 0 Å². The highest BCUT2D eigenvalue weighted by atomic mass is 35.5. The summed E-state index contributed by atoms with van der Waals surface area (Å²) in [6.07, 6.45) is 1.37. The second-order valence-corrected chi connectivity index (χ2v) is 6.58. The quantitative estimate of drug-likeness (QED) is 0.864. The number of nitrogens with one attached hydrogen (secondary N) is 1. The lowest BCUT2D eigenvalue weighted by molar-refractivity contribution is -0.134. The van der Waals surface area contributed by atoms with Crippen molar-refractivity contribution in [3.05, 3.63) is 29.3 Å². The highest BCUT2D eigenvalue weighted by Gasteiger charge is 2.34. The molecule has 3 rings (SSSR count). The van der Waals surface area contributed by atoms with E-state index < -0.39 is 0 Å². The Morgan fingerprint density at radius 1 is 1.48 bits per heavy atom. The van der Waals surface area contributed by atoms with Crippen LogP contribution in [-0.4, -0.2) is 60.9 Å². The number of amides is 2. The number of carbonyl (C=O) groups excluding carboxylic acids is 2. The highest BCUT2D eigenvalue weighted by molar-refractivity contribution is 6.30. The summed E-state index contributed by atoms with van der Waals surface area (Å²) in [6, 6.07) is 7.07. The number of fused-ring (bicyclic) bond motifs is 1. The number of rotatable bonds is 5. The largest absolute Gasteiger partial charge is 0.383 e. The van der Waals surface area contributed by atoms with Crippen LogP contribution in [0.15, 0.2) is 29.4 Å². The molecule has 1 unspecified atom stereocenters. The fraction of sp³-hybridized carbons (Fsp3) is 0.471. The summed E-state index contributed by atoms with van der Waals surface area (Å²) in [7, 11) is 1.59. The number of methoxy groups -OCH3 is 1. The molecular weight excluding hydrogens is 344 g/mol. The van der Waals surface area contributed by atoms with Crippen molar-refractivity contribution in [3.8, 4) is 0 Å². The Kier molecular flexibility index (Phi) is 5.55. The van der Waals surface area contributed by atoms with Gasteiger partial charge in [-0.2, -0.15) is 5.10 Å². The Morgan fingerprint density at radius 3 is 3.08 bits per heavy atom. The molecular formula is C17H21ClN4O3. The van der Waals surface area contributed by atoms with E-state index in [0.717, 1.165) is 5.84 Å². The number of amidine groups is 1. The number of ether oxygens (including phenoxy) is 1. The van der Waals surface area contributed by atoms with Gasteiger partial charge in [-0.3, -0.25) is 9.59 Å². The number of nitrogens with zero attached hydrogens (tertiary/aromatic N) is 3. The van der Waals surface area contributed by atoms with Crippen LogP contribution < -0.4 is 5.32 Å². The maximum atomic E-state index is 12.5. The first-order chi connectivity index (χ1) is 12.1. The topological polar surface area (TPSA) is 74.2 Å². The SMILES string of the molecule is COCCN1N=C2CCC(C(=O)Nc3cccc(Cl)c3)CN2CC1=O. The molecule has 0 aliphatic carbocycles. The van der Waals surface area contributed by atoms with Gasteiger partial charge in [-0.05, 0) is 24.6 Å². The van der Waals surface area contributed by atoms with E-state index in [1.54, 1.807) is 31.4 Å². The lowest BCUT2D eigenvalue weighted by atomic mass is 9.95. The van der Waals surface area contributed by atoms with E-state index in [0.29, 0.717) is 43.2 Å². The molecule has 8 heteroatoms. The summed E-state index contributed by atoms with van der Waals surface area (Å²) in [5, 5.41) is 9.34. The molecule has 2 aliphatic heterocycles. The van der Waals surface area contributed by atoms with Crippen LogP contribution in [0, 0.1) is 5.92 Å². The first-order valence-corrected chi connectivity index (χ1v) is 8.63. The number of carbonyl (C=O) groups is 2. The predicted octanol–water partition coefficient (Wildman–Crippen LogP) is 1.79. The van der Waals surface area contributed by atoms with E-state index >= 15 is 0 Å². The molecule has 0 spiro atoms. The molecule has 7 nitrogen and oxygen atoms in total. The molecule has 1 saturated heterocycles. The molecule has 1 aromatic rings. The fourth-order valence-corrected chi connectivity index (χ4v) is 3.20. The van der Waals surface area contributed by atoms with Crippen molar-refractivity contribution in [3.63, 3.8) is 0 Å². The first kappa shape index (κ1) is 17.7. The zero-order valence-corrected chi connectivity index (χ0v) is 14.8. The van der Waals surface area contributed by atoms with Crippen molar-refractivity contribution in [2.45, 2.75) is 12.8 Å². The van der Waals surface area contributed by atoms with Crippen LogP contribution in [0.2, 0.25) is 5.02 Å². The van der Waals surface area contributed by atoms with Gasteiger partial charge in [0.2, 0.25) is 5.91 Å². The van der Waals surface area contributed by atoms with Gasteiger partial charge in [0.15, 0.2) is 0 Å². The third-order valence-corrected chi connectivity index (χ3v) is 4.58. The Bertz CT molecular complexity index is 694. The minimum Gasteiger partial charge on any atom is -0.383 e. The van der Waals surface area contributed by atoms with Crippen molar-refractivity contribution in [1.82, 2.24) is 9.91 Å². The molecule has 1 fully saturated rings. The monoisotopic (exact) mass is 364 g/mol. The number of hydrogen-bond donors (Lipinski definition) is 1. The van der Waals surface area contributed by atoms with Crippen molar-refractivity contribution in [2.75, 3.05) is 38.7 Å². The number of hydrazone groups is 1. The number of benzene rings is 1. The van der Waals surface area contributed by atoms with Gasteiger partial charge in [0.1, 0.15) is 12.4 Å². The second kappa shape index (κ2) is 7.84. The van der Waals surface area contributed by atoms with Crippen molar-refractivity contribution in [2.24, 2.45) is 11.0 Å². The molecule has 1 N–H and O–H groups in total. The average molecular weight is 365 g/mol. The van der Waals surface area contributed by atoms with Gasteiger partial charge < -0.3 is 15.0 Å². The number of piperidine rings is 1. The Hall–Kier alpha value is -2.12. The van der Waals surface area contributed by atoms with Crippen LogP contribution in [0.1, 0.15) is 12.8 Å². The average Bonchev–Trinajstić information content (AvgIpc) is 2.59. The van der Waals surface area contributed by atoms with Crippen LogP contribution in [0.3, 0.4) is 0 Å². The molecule has 0 radical (unpaired) electrons. The minimum absolute atomic E-state index is 0.0596. The van der Waals surface area contributed by atoms with Crippen LogP contribution in [-0.2, 0) is 14.3 Å². The maximum Gasteiger partial charge on any atom is 0.262 e. The Balaban J connectivity index is 1.61. The number of halogens is 1. The van der Waals surface area contributed by atoms with E-state index in [-0.39, 0.29) is 24.3 Å². The molecule has 2 heterocycles. The summed E-state index contributed by atoms with van der Waals surface area (Å²) in [5.74, 6) is 0.547. The molecule has 25 heavy (non-hydrogen) atoms. The maximum absolute atomic E-state index is 12.5. The minimum atomic E-state index is -0.184. The molecule has 134 valence electrons. The standard InChI is InChI=1S/C17H21ClN4O3/c1-25-8-7-22-16(23)11-21-10-12(5-6-15(21)20-22)17(24)19-14-4-2-3-13(18)9-14/h2-4,9,12H,5-8,10-11H2,1H3,(H,19,24). The first-order valence-electron chi connectivity index (χ1n) is 8.25. The summed E-state index contributed by atoms with van der Waals surface area (Å²) >= 11 is 5.94. The van der Waals surface area contributed by atoms with Gasteiger partial charge >= 0.3 is 0 Å². The number of hydrogen-bond acceptors (Lipinski definition) is 5. The lowest BCUT2D eigenvalue weighted by Gasteiger charge is -2.38. The van der Waals surface area contributed by atoms with Crippen molar-refractivity contribution >= 4 is 34.9 Å². The zero-order valence-electron chi connectivity index (χ0n) is 14.1. The second-order valence-electron chi connectivity index (χ2n) is 6.14. The van der Waals surface area contributed by atoms with Crippen LogP contribution in [0.25, 0.3) is 0 Å². The van der Waals surface area contributed by atoms with Crippen LogP contribution >= 0.6 is 11.6 Å². The van der Waals surface area contributed by atoms with E-state index in [1.165, 1.54) is 5.01 Å². The predicted molar refractivity (Wildman–Crippen MR) is 95.4 cm³/mol. The molecule has 1 aromatic carbocycles. The summed E-state index contributed by atoms with van der Waals surface area (Å²) in [4.78, 5) is 26.6. The van der Waals surface area contributed by atoms with Gasteiger partial charge in [-0.25, -0.2) is 5.01 Å². The summed E-state index contributed by atoms with van der Waals surface area (Å²) < 4.78 is 5.00. The Labute approximate surface area is 151 Å². The third kappa shape index (κ3) is 4.29. The van der Waals surface area contributed by atoms with Gasteiger partial charge in [-0.1, -0.05) is 17.7 Å². The molecule has 1 atom stereocenters. The van der Waals surface area contributed by atoms with Gasteiger partial charge in [0, 0.05) is 30.8 Å². The van der Waals surface area contributed by atoms with Crippen LogP contribution in [0.5, 0.6) is 0 Å². The smallest absolute Gasteiger partial charge is 0.262 e.